The second-order valence-corrected chi connectivity index (χ2v) is 3.70. The molecule has 0 radical (unpaired) electrons. The monoisotopic (exact) mass is 230 g/mol. The Labute approximate surface area is 95.2 Å². The van der Waals surface area contributed by atoms with Crippen molar-refractivity contribution in [3.8, 4) is 0 Å². The Kier molecular flexibility index (Phi) is 5.66. The molecule has 0 heterocycles. The second kappa shape index (κ2) is 6.81. The fraction of sp³-hybridized carbons (Fsp3) is 0.500. The van der Waals surface area contributed by atoms with Crippen molar-refractivity contribution in [1.82, 2.24) is 0 Å². The highest BCUT2D eigenvalue weighted by Crippen LogP contribution is 2.23. The van der Waals surface area contributed by atoms with Crippen molar-refractivity contribution in [2.24, 2.45) is 0 Å². The van der Waals surface area contributed by atoms with Crippen LogP contribution in [0.25, 0.3) is 0 Å². The molecule has 0 spiro atoms. The van der Waals surface area contributed by atoms with E-state index >= 15 is 0 Å². The molecule has 0 bridgehead atoms. The highest BCUT2D eigenvalue weighted by Gasteiger charge is 2.10. The van der Waals surface area contributed by atoms with Gasteiger partial charge in [-0.1, -0.05) is 12.1 Å². The Morgan fingerprint density at radius 1 is 1.33 bits per heavy atom. The van der Waals surface area contributed by atoms with Gasteiger partial charge < -0.3 is 4.74 Å². The number of benzene rings is 1. The minimum Gasteiger partial charge on any atom is -0.374 e. The number of alkyl halides is 1. The van der Waals surface area contributed by atoms with Gasteiger partial charge in [0.2, 0.25) is 0 Å². The Morgan fingerprint density at radius 3 is 2.53 bits per heavy atom. The second-order valence-electron chi connectivity index (χ2n) is 3.33. The topological polar surface area (TPSA) is 9.23 Å². The van der Waals surface area contributed by atoms with Gasteiger partial charge in [0.05, 0.1) is 6.10 Å². The van der Waals surface area contributed by atoms with Crippen LogP contribution >= 0.6 is 11.6 Å². The molecule has 15 heavy (non-hydrogen) atoms. The summed E-state index contributed by atoms with van der Waals surface area (Å²) >= 11 is 5.64. The maximum atomic E-state index is 12.7. The predicted molar refractivity (Wildman–Crippen MR) is 60.7 cm³/mol. The molecule has 1 nitrogen and oxygen atoms in total. The number of hydrogen-bond acceptors (Lipinski definition) is 1. The van der Waals surface area contributed by atoms with Crippen molar-refractivity contribution in [2.75, 3.05) is 12.5 Å². The summed E-state index contributed by atoms with van der Waals surface area (Å²) in [6, 6.07) is 6.46. The molecule has 0 N–H and O–H groups in total. The van der Waals surface area contributed by atoms with Gasteiger partial charge in [0.15, 0.2) is 0 Å². The molecule has 0 aliphatic rings. The zero-order chi connectivity index (χ0) is 11.1. The molecule has 1 unspecified atom stereocenters. The number of rotatable bonds is 6. The molecule has 0 aromatic heterocycles. The Hall–Kier alpha value is -0.600. The van der Waals surface area contributed by atoms with E-state index in [1.165, 1.54) is 12.1 Å². The summed E-state index contributed by atoms with van der Waals surface area (Å²) in [7, 11) is 0. The smallest absolute Gasteiger partial charge is 0.123 e. The van der Waals surface area contributed by atoms with Gasteiger partial charge in [-0.15, -0.1) is 11.6 Å². The van der Waals surface area contributed by atoms with Crippen LogP contribution < -0.4 is 0 Å². The lowest BCUT2D eigenvalue weighted by Gasteiger charge is -2.16. The molecule has 1 atom stereocenters. The quantitative estimate of drug-likeness (QED) is 0.673. The van der Waals surface area contributed by atoms with Gasteiger partial charge in [-0.3, -0.25) is 0 Å². The van der Waals surface area contributed by atoms with E-state index in [0.29, 0.717) is 12.5 Å². The highest BCUT2D eigenvalue weighted by atomic mass is 35.5. The van der Waals surface area contributed by atoms with E-state index in [-0.39, 0.29) is 11.9 Å². The fourth-order valence-corrected chi connectivity index (χ4v) is 1.64. The van der Waals surface area contributed by atoms with Crippen LogP contribution in [-0.2, 0) is 4.74 Å². The third-order valence-electron chi connectivity index (χ3n) is 2.21. The Balaban J connectivity index is 2.65. The zero-order valence-corrected chi connectivity index (χ0v) is 9.64. The summed E-state index contributed by atoms with van der Waals surface area (Å²) in [5.74, 6) is 0.413. The summed E-state index contributed by atoms with van der Waals surface area (Å²) in [4.78, 5) is 0. The van der Waals surface area contributed by atoms with Crippen molar-refractivity contribution in [3.63, 3.8) is 0 Å². The lowest BCUT2D eigenvalue weighted by molar-refractivity contribution is 0.0558. The molecule has 84 valence electrons. The van der Waals surface area contributed by atoms with Crippen molar-refractivity contribution in [3.05, 3.63) is 35.6 Å². The fourth-order valence-electron chi connectivity index (χ4n) is 1.49. The lowest BCUT2D eigenvalue weighted by atomic mass is 10.1. The van der Waals surface area contributed by atoms with Gasteiger partial charge in [-0.25, -0.2) is 4.39 Å². The summed E-state index contributed by atoms with van der Waals surface area (Å²) < 4.78 is 18.3. The standard InChI is InChI=1S/C12H16ClFO/c1-2-15-12(4-3-9-13)10-5-7-11(14)8-6-10/h5-8,12H,2-4,9H2,1H3. The average molecular weight is 231 g/mol. The third kappa shape index (κ3) is 4.18. The molecule has 0 saturated heterocycles. The molecule has 0 aliphatic carbocycles. The van der Waals surface area contributed by atoms with Crippen LogP contribution in [0, 0.1) is 5.82 Å². The van der Waals surface area contributed by atoms with Crippen LogP contribution in [-0.4, -0.2) is 12.5 Å². The van der Waals surface area contributed by atoms with Crippen LogP contribution in [0.4, 0.5) is 4.39 Å². The van der Waals surface area contributed by atoms with E-state index in [2.05, 4.69) is 0 Å². The zero-order valence-electron chi connectivity index (χ0n) is 8.88. The molecule has 0 amide bonds. The SMILES string of the molecule is CCOC(CCCCl)c1ccc(F)cc1. The molecular weight excluding hydrogens is 215 g/mol. The molecule has 0 fully saturated rings. The van der Waals surface area contributed by atoms with Gasteiger partial charge >= 0.3 is 0 Å². The van der Waals surface area contributed by atoms with Crippen LogP contribution in [0.1, 0.15) is 31.4 Å². The van der Waals surface area contributed by atoms with Gasteiger partial charge in [0.1, 0.15) is 5.82 Å². The third-order valence-corrected chi connectivity index (χ3v) is 2.48. The molecule has 1 rings (SSSR count). The maximum Gasteiger partial charge on any atom is 0.123 e. The normalized spacial score (nSPS) is 12.7. The lowest BCUT2D eigenvalue weighted by Crippen LogP contribution is -2.04. The molecular formula is C12H16ClFO. The van der Waals surface area contributed by atoms with Crippen LogP contribution in [0.5, 0.6) is 0 Å². The van der Waals surface area contributed by atoms with Crippen molar-refractivity contribution >= 4 is 11.6 Å². The summed E-state index contributed by atoms with van der Waals surface area (Å²) in [5, 5.41) is 0. The van der Waals surface area contributed by atoms with E-state index in [4.69, 9.17) is 16.3 Å². The number of hydrogen-bond donors (Lipinski definition) is 0. The highest BCUT2D eigenvalue weighted by molar-refractivity contribution is 6.17. The first-order valence-electron chi connectivity index (χ1n) is 5.21. The first kappa shape index (κ1) is 12.5. The van der Waals surface area contributed by atoms with Gasteiger partial charge in [0.25, 0.3) is 0 Å². The van der Waals surface area contributed by atoms with Gasteiger partial charge in [-0.2, -0.15) is 0 Å². The van der Waals surface area contributed by atoms with Crippen molar-refractivity contribution < 1.29 is 9.13 Å². The van der Waals surface area contributed by atoms with Gasteiger partial charge in [-0.05, 0) is 37.5 Å². The van der Waals surface area contributed by atoms with E-state index < -0.39 is 0 Å². The minimum atomic E-state index is -0.216. The minimum absolute atomic E-state index is 0.0364. The molecule has 0 aliphatic heterocycles. The van der Waals surface area contributed by atoms with Crippen LogP contribution in [0.3, 0.4) is 0 Å². The van der Waals surface area contributed by atoms with Gasteiger partial charge in [0, 0.05) is 12.5 Å². The van der Waals surface area contributed by atoms with Crippen molar-refractivity contribution in [1.29, 1.82) is 0 Å². The Bertz CT molecular complexity index is 273. The van der Waals surface area contributed by atoms with E-state index in [1.807, 2.05) is 6.92 Å². The van der Waals surface area contributed by atoms with E-state index in [0.717, 1.165) is 18.4 Å². The first-order valence-corrected chi connectivity index (χ1v) is 5.74. The van der Waals surface area contributed by atoms with E-state index in [9.17, 15) is 4.39 Å². The maximum absolute atomic E-state index is 12.7. The van der Waals surface area contributed by atoms with E-state index in [1.54, 1.807) is 12.1 Å². The first-order chi connectivity index (χ1) is 7.27. The Morgan fingerprint density at radius 2 is 2.00 bits per heavy atom. The summed E-state index contributed by atoms with van der Waals surface area (Å²) in [5.41, 5.74) is 1.02. The summed E-state index contributed by atoms with van der Waals surface area (Å²) in [6.07, 6.45) is 1.82. The molecule has 3 heteroatoms. The van der Waals surface area contributed by atoms with Crippen molar-refractivity contribution in [2.45, 2.75) is 25.9 Å². The number of ether oxygens (including phenoxy) is 1. The molecule has 0 saturated carbocycles. The molecule has 1 aromatic carbocycles. The largest absolute Gasteiger partial charge is 0.374 e. The van der Waals surface area contributed by atoms with Crippen LogP contribution in [0.2, 0.25) is 0 Å². The number of halogens is 2. The average Bonchev–Trinajstić information content (AvgIpc) is 2.25. The van der Waals surface area contributed by atoms with Crippen LogP contribution in [0.15, 0.2) is 24.3 Å². The molecule has 1 aromatic rings. The summed E-state index contributed by atoms with van der Waals surface area (Å²) in [6.45, 7) is 2.61. The predicted octanol–water partition coefficient (Wildman–Crippen LogP) is 3.92.